The van der Waals surface area contributed by atoms with Gasteiger partial charge in [-0.05, 0) is 42.5 Å². The number of halogens is 1. The summed E-state index contributed by atoms with van der Waals surface area (Å²) in [5.41, 5.74) is 5.43. The third-order valence-electron chi connectivity index (χ3n) is 2.95. The number of ether oxygens (including phenoxy) is 2. The van der Waals surface area contributed by atoms with Gasteiger partial charge in [0, 0.05) is 10.6 Å². The molecule has 0 aliphatic heterocycles. The van der Waals surface area contributed by atoms with Crippen LogP contribution in [0, 0.1) is 0 Å². The molecule has 0 fully saturated rings. The van der Waals surface area contributed by atoms with Crippen LogP contribution < -0.4 is 20.5 Å². The van der Waals surface area contributed by atoms with Crippen LogP contribution in [0.2, 0.25) is 5.02 Å². The van der Waals surface area contributed by atoms with Gasteiger partial charge in [0.2, 0.25) is 0 Å². The van der Waals surface area contributed by atoms with Crippen LogP contribution in [0.4, 0.5) is 0 Å². The first-order chi connectivity index (χ1) is 11.5. The van der Waals surface area contributed by atoms with Gasteiger partial charge < -0.3 is 20.5 Å². The van der Waals surface area contributed by atoms with Gasteiger partial charge in [-0.3, -0.25) is 9.59 Å². The molecule has 0 radical (unpaired) electrons. The molecule has 0 aliphatic carbocycles. The summed E-state index contributed by atoms with van der Waals surface area (Å²) in [5, 5.41) is 3.37. The highest BCUT2D eigenvalue weighted by molar-refractivity contribution is 6.30. The number of nitrogens with one attached hydrogen (secondary N) is 1. The van der Waals surface area contributed by atoms with E-state index in [2.05, 4.69) is 5.32 Å². The van der Waals surface area contributed by atoms with E-state index in [0.717, 1.165) is 0 Å². The standard InChI is InChI=1S/C17H17ClN2O4/c18-13-4-6-14(7-5-13)23-9-8-20-17(22)12-2-1-3-15(10-12)24-11-16(19)21/h1-7,10H,8-9,11H2,(H2,19,21)(H,20,22). The van der Waals surface area contributed by atoms with E-state index in [1.54, 1.807) is 48.5 Å². The number of primary amides is 1. The van der Waals surface area contributed by atoms with Crippen LogP contribution in [0.25, 0.3) is 0 Å². The van der Waals surface area contributed by atoms with Gasteiger partial charge in [-0.2, -0.15) is 0 Å². The van der Waals surface area contributed by atoms with Gasteiger partial charge >= 0.3 is 0 Å². The summed E-state index contributed by atoms with van der Waals surface area (Å²) in [5.74, 6) is 0.234. The molecule has 126 valence electrons. The van der Waals surface area contributed by atoms with Crippen LogP contribution in [-0.2, 0) is 4.79 Å². The molecule has 0 saturated carbocycles. The van der Waals surface area contributed by atoms with Crippen molar-refractivity contribution in [2.24, 2.45) is 5.73 Å². The van der Waals surface area contributed by atoms with Gasteiger partial charge in [0.05, 0.1) is 6.54 Å². The Labute approximate surface area is 144 Å². The topological polar surface area (TPSA) is 90.7 Å². The molecule has 0 aromatic heterocycles. The minimum atomic E-state index is -0.579. The highest BCUT2D eigenvalue weighted by atomic mass is 35.5. The molecular weight excluding hydrogens is 332 g/mol. The van der Waals surface area contributed by atoms with Gasteiger partial charge in [0.15, 0.2) is 6.61 Å². The molecular formula is C17H17ClN2O4. The molecule has 2 aromatic rings. The third-order valence-corrected chi connectivity index (χ3v) is 3.20. The van der Waals surface area contributed by atoms with E-state index < -0.39 is 5.91 Å². The lowest BCUT2D eigenvalue weighted by Gasteiger charge is -2.09. The average Bonchev–Trinajstić information content (AvgIpc) is 2.58. The molecule has 0 bridgehead atoms. The van der Waals surface area contributed by atoms with Crippen LogP contribution in [0.1, 0.15) is 10.4 Å². The fourth-order valence-electron chi connectivity index (χ4n) is 1.85. The van der Waals surface area contributed by atoms with E-state index in [-0.39, 0.29) is 12.5 Å². The number of amides is 2. The number of benzene rings is 2. The first-order valence-corrected chi connectivity index (χ1v) is 7.60. The van der Waals surface area contributed by atoms with Crippen LogP contribution in [-0.4, -0.2) is 31.6 Å². The Hall–Kier alpha value is -2.73. The van der Waals surface area contributed by atoms with Crippen molar-refractivity contribution in [3.8, 4) is 11.5 Å². The van der Waals surface area contributed by atoms with E-state index in [1.165, 1.54) is 0 Å². The van der Waals surface area contributed by atoms with Crippen LogP contribution in [0.15, 0.2) is 48.5 Å². The minimum Gasteiger partial charge on any atom is -0.492 e. The summed E-state index contributed by atoms with van der Waals surface area (Å²) in [6.07, 6.45) is 0. The largest absolute Gasteiger partial charge is 0.492 e. The molecule has 0 saturated heterocycles. The van der Waals surface area contributed by atoms with E-state index in [0.29, 0.717) is 35.2 Å². The SMILES string of the molecule is NC(=O)COc1cccc(C(=O)NCCOc2ccc(Cl)cc2)c1. The van der Waals surface area contributed by atoms with Crippen molar-refractivity contribution < 1.29 is 19.1 Å². The Morgan fingerprint density at radius 2 is 1.79 bits per heavy atom. The fourth-order valence-corrected chi connectivity index (χ4v) is 1.97. The summed E-state index contributed by atoms with van der Waals surface area (Å²) in [4.78, 5) is 22.8. The lowest BCUT2D eigenvalue weighted by Crippen LogP contribution is -2.28. The maximum atomic E-state index is 12.1. The number of hydrogen-bond acceptors (Lipinski definition) is 4. The number of nitrogens with two attached hydrogens (primary N) is 1. The molecule has 6 nitrogen and oxygen atoms in total. The highest BCUT2D eigenvalue weighted by Crippen LogP contribution is 2.15. The number of hydrogen-bond donors (Lipinski definition) is 2. The average molecular weight is 349 g/mol. The Bertz CT molecular complexity index is 704. The summed E-state index contributed by atoms with van der Waals surface area (Å²) in [6, 6.07) is 13.5. The Balaban J connectivity index is 1.78. The Morgan fingerprint density at radius 1 is 1.04 bits per heavy atom. The van der Waals surface area contributed by atoms with Crippen molar-refractivity contribution in [2.45, 2.75) is 0 Å². The summed E-state index contributed by atoms with van der Waals surface area (Å²) in [7, 11) is 0. The molecule has 0 aliphatic rings. The van der Waals surface area contributed by atoms with Crippen molar-refractivity contribution in [3.05, 3.63) is 59.1 Å². The highest BCUT2D eigenvalue weighted by Gasteiger charge is 2.07. The van der Waals surface area contributed by atoms with Crippen LogP contribution in [0.5, 0.6) is 11.5 Å². The molecule has 24 heavy (non-hydrogen) atoms. The van der Waals surface area contributed by atoms with Crippen molar-refractivity contribution in [1.29, 1.82) is 0 Å². The quantitative estimate of drug-likeness (QED) is 0.714. The second-order valence-corrected chi connectivity index (χ2v) is 5.28. The van der Waals surface area contributed by atoms with Gasteiger partial charge in [-0.25, -0.2) is 0 Å². The molecule has 0 spiro atoms. The molecule has 2 amide bonds. The molecule has 0 atom stereocenters. The van der Waals surface area contributed by atoms with E-state index in [1.807, 2.05) is 0 Å². The van der Waals surface area contributed by atoms with E-state index in [9.17, 15) is 9.59 Å². The van der Waals surface area contributed by atoms with E-state index >= 15 is 0 Å². The summed E-state index contributed by atoms with van der Waals surface area (Å²) in [6.45, 7) is 0.430. The first kappa shape index (κ1) is 17.6. The Morgan fingerprint density at radius 3 is 2.50 bits per heavy atom. The molecule has 0 unspecified atom stereocenters. The van der Waals surface area contributed by atoms with Crippen molar-refractivity contribution in [2.75, 3.05) is 19.8 Å². The maximum Gasteiger partial charge on any atom is 0.255 e. The van der Waals surface area contributed by atoms with Gasteiger partial charge in [-0.1, -0.05) is 17.7 Å². The van der Waals surface area contributed by atoms with Gasteiger partial charge in [0.1, 0.15) is 18.1 Å². The van der Waals surface area contributed by atoms with Crippen molar-refractivity contribution in [3.63, 3.8) is 0 Å². The molecule has 7 heteroatoms. The predicted molar refractivity (Wildman–Crippen MR) is 90.4 cm³/mol. The maximum absolute atomic E-state index is 12.1. The first-order valence-electron chi connectivity index (χ1n) is 7.22. The minimum absolute atomic E-state index is 0.236. The fraction of sp³-hybridized carbons (Fsp3) is 0.176. The second-order valence-electron chi connectivity index (χ2n) is 4.84. The normalized spacial score (nSPS) is 10.0. The predicted octanol–water partition coefficient (Wildman–Crippen LogP) is 2.01. The lowest BCUT2D eigenvalue weighted by molar-refractivity contribution is -0.119. The van der Waals surface area contributed by atoms with Crippen LogP contribution in [0.3, 0.4) is 0 Å². The van der Waals surface area contributed by atoms with Gasteiger partial charge in [0.25, 0.3) is 11.8 Å². The third kappa shape index (κ3) is 5.81. The smallest absolute Gasteiger partial charge is 0.255 e. The second kappa shape index (κ2) is 8.79. The van der Waals surface area contributed by atoms with Crippen molar-refractivity contribution >= 4 is 23.4 Å². The molecule has 2 rings (SSSR count). The number of carbonyl (C=O) groups is 2. The number of rotatable bonds is 8. The van der Waals surface area contributed by atoms with Gasteiger partial charge in [-0.15, -0.1) is 0 Å². The summed E-state index contributed by atoms with van der Waals surface area (Å²) >= 11 is 5.79. The lowest BCUT2D eigenvalue weighted by atomic mass is 10.2. The molecule has 0 heterocycles. The summed E-state index contributed by atoms with van der Waals surface area (Å²) < 4.78 is 10.6. The zero-order chi connectivity index (χ0) is 17.4. The van der Waals surface area contributed by atoms with E-state index in [4.69, 9.17) is 26.8 Å². The number of carbonyl (C=O) groups excluding carboxylic acids is 2. The zero-order valence-corrected chi connectivity index (χ0v) is 13.6. The monoisotopic (exact) mass is 348 g/mol. The Kier molecular flexibility index (Phi) is 6.45. The zero-order valence-electron chi connectivity index (χ0n) is 12.8. The van der Waals surface area contributed by atoms with Crippen molar-refractivity contribution in [1.82, 2.24) is 5.32 Å². The van der Waals surface area contributed by atoms with Crippen LogP contribution >= 0.6 is 11.6 Å². The molecule has 3 N–H and O–H groups in total. The molecule has 2 aromatic carbocycles.